The molecule has 0 saturated heterocycles. The van der Waals surface area contributed by atoms with E-state index in [0.717, 1.165) is 58.1 Å². The number of nitrogens with zero attached hydrogens (tertiary/aromatic N) is 5. The molecular formula is C38H44N6O2Si. The number of benzene rings is 3. The number of aliphatic hydroxyl groups is 1. The number of aromatic nitrogens is 5. The third kappa shape index (κ3) is 6.56. The van der Waals surface area contributed by atoms with E-state index in [4.69, 9.17) is 14.5 Å². The predicted molar refractivity (Wildman–Crippen MR) is 193 cm³/mol. The lowest BCUT2D eigenvalue weighted by atomic mass is 10.0. The Morgan fingerprint density at radius 2 is 1.55 bits per heavy atom. The van der Waals surface area contributed by atoms with Gasteiger partial charge in [0.25, 0.3) is 8.32 Å². The van der Waals surface area contributed by atoms with Crippen LogP contribution in [0, 0.1) is 0 Å². The maximum atomic E-state index is 9.87. The number of nitrogens with one attached hydrogen (secondary N) is 1. The number of hydrogen-bond donors (Lipinski definition) is 2. The van der Waals surface area contributed by atoms with Crippen molar-refractivity contribution in [3.63, 3.8) is 0 Å². The van der Waals surface area contributed by atoms with E-state index in [-0.39, 0.29) is 17.7 Å². The van der Waals surface area contributed by atoms with Crippen molar-refractivity contribution in [1.29, 1.82) is 0 Å². The first kappa shape index (κ1) is 32.5. The van der Waals surface area contributed by atoms with Crippen LogP contribution in [0.5, 0.6) is 0 Å². The van der Waals surface area contributed by atoms with Gasteiger partial charge in [-0.15, -0.1) is 0 Å². The van der Waals surface area contributed by atoms with Gasteiger partial charge in [0.1, 0.15) is 17.4 Å². The Labute approximate surface area is 278 Å². The Balaban J connectivity index is 1.28. The summed E-state index contributed by atoms with van der Waals surface area (Å²) in [4.78, 5) is 13.9. The van der Waals surface area contributed by atoms with Crippen molar-refractivity contribution in [3.05, 3.63) is 115 Å². The fourth-order valence-corrected chi connectivity index (χ4v) is 11.4. The van der Waals surface area contributed by atoms with Crippen molar-refractivity contribution in [3.8, 4) is 0 Å². The molecule has 6 rings (SSSR count). The lowest BCUT2D eigenvalue weighted by molar-refractivity contribution is 0.281. The zero-order valence-electron chi connectivity index (χ0n) is 27.7. The molecule has 0 aliphatic heterocycles. The second-order valence-electron chi connectivity index (χ2n) is 13.1. The van der Waals surface area contributed by atoms with Gasteiger partial charge in [-0.3, -0.25) is 9.67 Å². The first-order chi connectivity index (χ1) is 22.9. The highest BCUT2D eigenvalue weighted by Crippen LogP contribution is 2.37. The first-order valence-electron chi connectivity index (χ1n) is 16.5. The van der Waals surface area contributed by atoms with Gasteiger partial charge in [0.05, 0.1) is 24.9 Å². The molecule has 3 aromatic heterocycles. The van der Waals surface area contributed by atoms with Crippen LogP contribution in [-0.2, 0) is 17.6 Å². The molecule has 47 heavy (non-hydrogen) atoms. The highest BCUT2D eigenvalue weighted by molar-refractivity contribution is 6.99. The smallest absolute Gasteiger partial charge is 0.261 e. The van der Waals surface area contributed by atoms with Crippen molar-refractivity contribution in [2.24, 2.45) is 0 Å². The van der Waals surface area contributed by atoms with E-state index in [1.165, 1.54) is 10.4 Å². The number of rotatable bonds is 13. The quantitative estimate of drug-likeness (QED) is 0.139. The van der Waals surface area contributed by atoms with Crippen molar-refractivity contribution in [2.75, 3.05) is 11.9 Å². The summed E-state index contributed by atoms with van der Waals surface area (Å²) in [5.41, 5.74) is 4.37. The van der Waals surface area contributed by atoms with Crippen LogP contribution in [0.4, 0.5) is 5.82 Å². The van der Waals surface area contributed by atoms with Crippen LogP contribution >= 0.6 is 0 Å². The summed E-state index contributed by atoms with van der Waals surface area (Å²) in [6, 6.07) is 29.6. The van der Waals surface area contributed by atoms with Crippen LogP contribution in [0.25, 0.3) is 21.9 Å². The van der Waals surface area contributed by atoms with Gasteiger partial charge in [0, 0.05) is 24.2 Å². The second-order valence-corrected chi connectivity index (χ2v) is 17.4. The van der Waals surface area contributed by atoms with E-state index in [9.17, 15) is 5.11 Å². The van der Waals surface area contributed by atoms with Gasteiger partial charge in [-0.05, 0) is 45.4 Å². The summed E-state index contributed by atoms with van der Waals surface area (Å²) in [5.74, 6) is 0.764. The SMILES string of the molecule is CCC[C@@H](CCO[Si](c1ccccc1)(c1ccccc1)C(C)(C)C)Nc1ncnc2cnn(Cc3ccc(CO)c4cccnc34)c12. The molecule has 0 radical (unpaired) electrons. The fourth-order valence-electron chi connectivity index (χ4n) is 6.81. The Morgan fingerprint density at radius 1 is 0.851 bits per heavy atom. The second kappa shape index (κ2) is 14.1. The molecular weight excluding hydrogens is 601 g/mol. The number of aliphatic hydroxyl groups excluding tert-OH is 1. The van der Waals surface area contributed by atoms with Crippen LogP contribution in [0.2, 0.25) is 5.04 Å². The highest BCUT2D eigenvalue weighted by Gasteiger charge is 2.50. The van der Waals surface area contributed by atoms with Gasteiger partial charge in [-0.25, -0.2) is 9.97 Å². The minimum absolute atomic E-state index is 0.0341. The van der Waals surface area contributed by atoms with Crippen molar-refractivity contribution in [1.82, 2.24) is 24.7 Å². The maximum absolute atomic E-state index is 9.87. The molecule has 0 amide bonds. The van der Waals surface area contributed by atoms with Crippen molar-refractivity contribution in [2.45, 2.75) is 71.2 Å². The van der Waals surface area contributed by atoms with Crippen LogP contribution in [-0.4, -0.2) is 50.8 Å². The van der Waals surface area contributed by atoms with Gasteiger partial charge in [0.15, 0.2) is 5.82 Å². The molecule has 0 aliphatic rings. The monoisotopic (exact) mass is 644 g/mol. The molecule has 0 aliphatic carbocycles. The van der Waals surface area contributed by atoms with Crippen LogP contribution in [0.15, 0.2) is 104 Å². The lowest BCUT2D eigenvalue weighted by Gasteiger charge is -2.43. The Bertz CT molecular complexity index is 1880. The summed E-state index contributed by atoms with van der Waals surface area (Å²) in [5, 5.41) is 21.8. The average Bonchev–Trinajstić information content (AvgIpc) is 3.50. The molecule has 0 bridgehead atoms. The van der Waals surface area contributed by atoms with E-state index in [1.807, 2.05) is 28.9 Å². The maximum Gasteiger partial charge on any atom is 0.261 e. The zero-order chi connectivity index (χ0) is 32.9. The topological polar surface area (TPSA) is 98.0 Å². The molecule has 0 saturated carbocycles. The van der Waals surface area contributed by atoms with Gasteiger partial charge < -0.3 is 14.8 Å². The minimum atomic E-state index is -2.63. The molecule has 242 valence electrons. The normalized spacial score (nSPS) is 12.9. The van der Waals surface area contributed by atoms with E-state index in [2.05, 4.69) is 104 Å². The molecule has 1 atom stereocenters. The molecule has 9 heteroatoms. The van der Waals surface area contributed by atoms with Gasteiger partial charge in [-0.1, -0.05) is 113 Å². The molecule has 3 aromatic carbocycles. The van der Waals surface area contributed by atoms with Crippen molar-refractivity contribution < 1.29 is 9.53 Å². The third-order valence-corrected chi connectivity index (χ3v) is 14.1. The molecule has 8 nitrogen and oxygen atoms in total. The average molecular weight is 645 g/mol. The number of hydrogen-bond acceptors (Lipinski definition) is 7. The van der Waals surface area contributed by atoms with E-state index < -0.39 is 8.32 Å². The molecule has 0 spiro atoms. The number of anilines is 1. The first-order valence-corrected chi connectivity index (χ1v) is 18.4. The van der Waals surface area contributed by atoms with Gasteiger partial charge in [0.2, 0.25) is 0 Å². The predicted octanol–water partition coefficient (Wildman–Crippen LogP) is 6.46. The van der Waals surface area contributed by atoms with Crippen molar-refractivity contribution >= 4 is 46.4 Å². The fraction of sp³-hybridized carbons (Fsp3) is 0.316. The largest absolute Gasteiger partial charge is 0.407 e. The van der Waals surface area contributed by atoms with Crippen LogP contribution in [0.3, 0.4) is 0 Å². The van der Waals surface area contributed by atoms with Crippen LogP contribution < -0.4 is 15.7 Å². The number of fused-ring (bicyclic) bond motifs is 2. The van der Waals surface area contributed by atoms with Gasteiger partial charge in [-0.2, -0.15) is 5.10 Å². The molecule has 0 fully saturated rings. The molecule has 6 aromatic rings. The summed E-state index contributed by atoms with van der Waals surface area (Å²) in [6.07, 6.45) is 8.01. The molecule has 0 unspecified atom stereocenters. The molecule has 2 N–H and O–H groups in total. The number of pyridine rings is 1. The lowest BCUT2D eigenvalue weighted by Crippen LogP contribution is -2.66. The Hall–Kier alpha value is -4.44. The van der Waals surface area contributed by atoms with Crippen LogP contribution in [0.1, 0.15) is 58.1 Å². The van der Waals surface area contributed by atoms with Gasteiger partial charge >= 0.3 is 0 Å². The van der Waals surface area contributed by atoms with E-state index >= 15 is 0 Å². The highest BCUT2D eigenvalue weighted by atomic mass is 28.4. The molecule has 3 heterocycles. The summed E-state index contributed by atoms with van der Waals surface area (Å²) < 4.78 is 9.19. The van der Waals surface area contributed by atoms with E-state index in [1.54, 1.807) is 18.7 Å². The zero-order valence-corrected chi connectivity index (χ0v) is 28.7. The van der Waals surface area contributed by atoms with E-state index in [0.29, 0.717) is 13.2 Å². The summed E-state index contributed by atoms with van der Waals surface area (Å²) in [6.45, 7) is 10.2. The Morgan fingerprint density at radius 3 is 2.21 bits per heavy atom. The summed E-state index contributed by atoms with van der Waals surface area (Å²) >= 11 is 0. The minimum Gasteiger partial charge on any atom is -0.407 e. The summed E-state index contributed by atoms with van der Waals surface area (Å²) in [7, 11) is -2.63. The third-order valence-electron chi connectivity index (χ3n) is 9.04. The standard InChI is InChI=1S/C38H44N6O2Si/c1-5-13-30(21-23-46-47(38(2,3)4,31-14-8-6-9-15-31)32-16-10-7-11-17-32)43-37-36-34(40-27-41-37)24-42-44(36)25-28-19-20-29(26-45)33-18-12-22-39-35(28)33/h6-12,14-20,22,24,27,30,45H,5,13,21,23,25-26H2,1-4H3,(H,40,41,43)/t30-/m0/s1. The Kier molecular flexibility index (Phi) is 9.77.